The number of carbonyl (C=O) groups excluding carboxylic acids is 2. The fourth-order valence-corrected chi connectivity index (χ4v) is 2.64. The van der Waals surface area contributed by atoms with Crippen molar-refractivity contribution in [3.8, 4) is 0 Å². The first kappa shape index (κ1) is 17.2. The molecule has 0 aliphatic rings. The summed E-state index contributed by atoms with van der Waals surface area (Å²) in [4.78, 5) is 28.4. The number of anilines is 1. The number of imide groups is 1. The summed E-state index contributed by atoms with van der Waals surface area (Å²) in [5.74, 6) is -0.574. The fourth-order valence-electron chi connectivity index (χ4n) is 2.34. The lowest BCUT2D eigenvalue weighted by molar-refractivity contribution is 0.0967. The van der Waals surface area contributed by atoms with Crippen LogP contribution in [0.15, 0.2) is 30.5 Å². The van der Waals surface area contributed by atoms with Crippen LogP contribution in [0.4, 0.5) is 10.5 Å². The molecule has 0 saturated carbocycles. The van der Waals surface area contributed by atoms with Crippen molar-refractivity contribution < 1.29 is 9.59 Å². The van der Waals surface area contributed by atoms with Gasteiger partial charge in [-0.05, 0) is 31.2 Å². The third-order valence-electron chi connectivity index (χ3n) is 3.53. The summed E-state index contributed by atoms with van der Waals surface area (Å²) in [6.07, 6.45) is 1.39. The molecule has 1 aromatic carbocycles. The zero-order valence-corrected chi connectivity index (χ0v) is 14.8. The van der Waals surface area contributed by atoms with E-state index in [1.165, 1.54) is 12.3 Å². The van der Waals surface area contributed by atoms with Gasteiger partial charge < -0.3 is 5.32 Å². The highest BCUT2D eigenvalue weighted by Gasteiger charge is 2.14. The fraction of sp³-hybridized carbons (Fsp3) is 0.125. The van der Waals surface area contributed by atoms with Crippen LogP contribution in [-0.2, 0) is 7.05 Å². The Labute approximate surface area is 152 Å². The van der Waals surface area contributed by atoms with Crippen molar-refractivity contribution in [3.05, 3.63) is 51.8 Å². The van der Waals surface area contributed by atoms with Gasteiger partial charge >= 0.3 is 6.03 Å². The quantitative estimate of drug-likeness (QED) is 0.714. The molecule has 3 amide bonds. The molecule has 0 saturated heterocycles. The number of aromatic nitrogens is 3. The number of benzene rings is 1. The third-order valence-corrected chi connectivity index (χ3v) is 4.27. The van der Waals surface area contributed by atoms with Crippen LogP contribution < -0.4 is 10.6 Å². The number of halogens is 2. The summed E-state index contributed by atoms with van der Waals surface area (Å²) < 4.78 is 1.63. The second-order valence-electron chi connectivity index (χ2n) is 5.34. The number of hydrogen-bond donors (Lipinski definition) is 2. The van der Waals surface area contributed by atoms with E-state index in [2.05, 4.69) is 20.7 Å². The van der Waals surface area contributed by atoms with Gasteiger partial charge in [0.2, 0.25) is 0 Å². The van der Waals surface area contributed by atoms with E-state index in [0.29, 0.717) is 21.4 Å². The highest BCUT2D eigenvalue weighted by molar-refractivity contribution is 6.42. The SMILES string of the molecule is Cc1nn(C)c2ncc(C(=O)NC(=O)Nc3ccc(Cl)c(Cl)c3)cc12. The van der Waals surface area contributed by atoms with Crippen molar-refractivity contribution >= 4 is 51.9 Å². The standard InChI is InChI=1S/C16H13Cl2N5O2/c1-8-11-5-9(7-19-14(11)23(2)22-8)15(24)21-16(25)20-10-3-4-12(17)13(18)6-10/h3-7H,1-2H3,(H2,20,21,24,25). The van der Waals surface area contributed by atoms with Gasteiger partial charge in [0.1, 0.15) is 0 Å². The van der Waals surface area contributed by atoms with Crippen molar-refractivity contribution in [1.82, 2.24) is 20.1 Å². The normalized spacial score (nSPS) is 10.7. The van der Waals surface area contributed by atoms with Crippen molar-refractivity contribution in [2.75, 3.05) is 5.32 Å². The zero-order chi connectivity index (χ0) is 18.1. The van der Waals surface area contributed by atoms with E-state index in [4.69, 9.17) is 23.2 Å². The summed E-state index contributed by atoms with van der Waals surface area (Å²) >= 11 is 11.7. The molecule has 0 unspecified atom stereocenters. The van der Waals surface area contributed by atoms with Gasteiger partial charge in [-0.2, -0.15) is 5.10 Å². The second-order valence-corrected chi connectivity index (χ2v) is 6.16. The number of nitrogens with zero attached hydrogens (tertiary/aromatic N) is 3. The molecular formula is C16H13Cl2N5O2. The summed E-state index contributed by atoms with van der Waals surface area (Å²) in [7, 11) is 1.77. The number of urea groups is 1. The molecule has 0 aliphatic carbocycles. The van der Waals surface area contributed by atoms with Crippen LogP contribution in [-0.4, -0.2) is 26.7 Å². The number of aryl methyl sites for hydroxylation is 2. The minimum atomic E-state index is -0.689. The first-order valence-corrected chi connectivity index (χ1v) is 7.97. The van der Waals surface area contributed by atoms with E-state index in [1.54, 1.807) is 29.9 Å². The minimum absolute atomic E-state index is 0.257. The molecule has 2 heterocycles. The minimum Gasteiger partial charge on any atom is -0.308 e. The van der Waals surface area contributed by atoms with E-state index in [-0.39, 0.29) is 5.56 Å². The van der Waals surface area contributed by atoms with Gasteiger partial charge in [0, 0.05) is 24.3 Å². The van der Waals surface area contributed by atoms with Crippen molar-refractivity contribution in [2.45, 2.75) is 6.92 Å². The topological polar surface area (TPSA) is 88.9 Å². The molecule has 0 spiro atoms. The predicted octanol–water partition coefficient (Wildman–Crippen LogP) is 3.55. The van der Waals surface area contributed by atoms with Crippen molar-refractivity contribution in [3.63, 3.8) is 0 Å². The van der Waals surface area contributed by atoms with Gasteiger partial charge in [-0.25, -0.2) is 9.78 Å². The Morgan fingerprint density at radius 3 is 2.64 bits per heavy atom. The van der Waals surface area contributed by atoms with Crippen molar-refractivity contribution in [1.29, 1.82) is 0 Å². The molecule has 0 fully saturated rings. The van der Waals surface area contributed by atoms with Gasteiger partial charge in [-0.15, -0.1) is 0 Å². The summed E-state index contributed by atoms with van der Waals surface area (Å²) in [6, 6.07) is 5.56. The average Bonchev–Trinajstić information content (AvgIpc) is 2.85. The van der Waals surface area contributed by atoms with Crippen LogP contribution in [0.5, 0.6) is 0 Å². The number of fused-ring (bicyclic) bond motifs is 1. The number of amides is 3. The Bertz CT molecular complexity index is 1000. The molecule has 3 aromatic rings. The number of nitrogens with one attached hydrogen (secondary N) is 2. The van der Waals surface area contributed by atoms with E-state index >= 15 is 0 Å². The van der Waals surface area contributed by atoms with E-state index < -0.39 is 11.9 Å². The maximum atomic E-state index is 12.2. The molecule has 2 N–H and O–H groups in total. The van der Waals surface area contributed by atoms with Crippen LogP contribution in [0.2, 0.25) is 10.0 Å². The smallest absolute Gasteiger partial charge is 0.308 e. The largest absolute Gasteiger partial charge is 0.326 e. The van der Waals surface area contributed by atoms with Gasteiger partial charge in [0.05, 0.1) is 21.3 Å². The van der Waals surface area contributed by atoms with Crippen LogP contribution in [0.25, 0.3) is 11.0 Å². The molecule has 0 radical (unpaired) electrons. The maximum Gasteiger partial charge on any atom is 0.326 e. The third kappa shape index (κ3) is 3.57. The van der Waals surface area contributed by atoms with E-state index in [9.17, 15) is 9.59 Å². The molecule has 3 rings (SSSR count). The first-order chi connectivity index (χ1) is 11.8. The van der Waals surface area contributed by atoms with Gasteiger partial charge in [-0.3, -0.25) is 14.8 Å². The maximum absolute atomic E-state index is 12.2. The van der Waals surface area contributed by atoms with Crippen LogP contribution in [0, 0.1) is 6.92 Å². The van der Waals surface area contributed by atoms with Gasteiger partial charge in [-0.1, -0.05) is 23.2 Å². The Kier molecular flexibility index (Phi) is 4.61. The summed E-state index contributed by atoms with van der Waals surface area (Å²) in [5, 5.41) is 10.4. The van der Waals surface area contributed by atoms with Crippen LogP contribution in [0.1, 0.15) is 16.1 Å². The molecule has 7 nitrogen and oxygen atoms in total. The summed E-state index contributed by atoms with van der Waals surface area (Å²) in [5.41, 5.74) is 2.08. The number of rotatable bonds is 2. The van der Waals surface area contributed by atoms with E-state index in [0.717, 1.165) is 11.1 Å². The molecule has 25 heavy (non-hydrogen) atoms. The molecule has 0 bridgehead atoms. The molecule has 0 atom stereocenters. The second kappa shape index (κ2) is 6.70. The lowest BCUT2D eigenvalue weighted by Crippen LogP contribution is -2.34. The predicted molar refractivity (Wildman–Crippen MR) is 96.2 cm³/mol. The highest BCUT2D eigenvalue weighted by Crippen LogP contribution is 2.25. The Morgan fingerprint density at radius 2 is 1.92 bits per heavy atom. The Balaban J connectivity index is 1.74. The van der Waals surface area contributed by atoms with Crippen LogP contribution >= 0.6 is 23.2 Å². The van der Waals surface area contributed by atoms with Gasteiger partial charge in [0.15, 0.2) is 5.65 Å². The van der Waals surface area contributed by atoms with E-state index in [1.807, 2.05) is 6.92 Å². The monoisotopic (exact) mass is 377 g/mol. The lowest BCUT2D eigenvalue weighted by Gasteiger charge is -2.07. The van der Waals surface area contributed by atoms with Crippen LogP contribution in [0.3, 0.4) is 0 Å². The number of hydrogen-bond acceptors (Lipinski definition) is 4. The molecule has 128 valence electrons. The first-order valence-electron chi connectivity index (χ1n) is 7.22. The number of pyridine rings is 1. The van der Waals surface area contributed by atoms with Crippen molar-refractivity contribution in [2.24, 2.45) is 7.05 Å². The molecule has 2 aromatic heterocycles. The highest BCUT2D eigenvalue weighted by atomic mass is 35.5. The molecular weight excluding hydrogens is 365 g/mol. The Morgan fingerprint density at radius 1 is 1.16 bits per heavy atom. The summed E-state index contributed by atoms with van der Waals surface area (Å²) in [6.45, 7) is 1.82. The lowest BCUT2D eigenvalue weighted by atomic mass is 10.2. The molecule has 9 heteroatoms. The zero-order valence-electron chi connectivity index (χ0n) is 13.3. The Hall–Kier alpha value is -2.64. The van der Waals surface area contributed by atoms with Gasteiger partial charge in [0.25, 0.3) is 5.91 Å². The number of carbonyl (C=O) groups is 2. The molecule has 0 aliphatic heterocycles. The average molecular weight is 378 g/mol.